The van der Waals surface area contributed by atoms with E-state index in [2.05, 4.69) is 5.32 Å². The summed E-state index contributed by atoms with van der Waals surface area (Å²) >= 11 is 5.85. The van der Waals surface area contributed by atoms with Gasteiger partial charge in [-0.3, -0.25) is 9.10 Å². The van der Waals surface area contributed by atoms with Crippen LogP contribution in [0.25, 0.3) is 0 Å². The maximum Gasteiger partial charge on any atom is 0.232 e. The van der Waals surface area contributed by atoms with E-state index in [4.69, 9.17) is 11.6 Å². The van der Waals surface area contributed by atoms with Gasteiger partial charge in [-0.15, -0.1) is 0 Å². The molecule has 0 heterocycles. The van der Waals surface area contributed by atoms with Crippen molar-refractivity contribution in [2.75, 3.05) is 17.1 Å². The predicted molar refractivity (Wildman–Crippen MR) is 106 cm³/mol. The van der Waals surface area contributed by atoms with Crippen molar-refractivity contribution < 1.29 is 13.2 Å². The van der Waals surface area contributed by atoms with Gasteiger partial charge in [0.1, 0.15) is 0 Å². The van der Waals surface area contributed by atoms with Crippen molar-refractivity contribution in [1.29, 1.82) is 0 Å². The maximum atomic E-state index is 12.1. The van der Waals surface area contributed by atoms with Gasteiger partial charge >= 0.3 is 0 Å². The Labute approximate surface area is 160 Å². The second kappa shape index (κ2) is 9.05. The predicted octanol–water partition coefficient (Wildman–Crippen LogP) is 3.76. The molecule has 1 amide bonds. The summed E-state index contributed by atoms with van der Waals surface area (Å²) in [5.41, 5.74) is 1.56. The molecule has 7 heteroatoms. The van der Waals surface area contributed by atoms with Gasteiger partial charge in [-0.2, -0.15) is 0 Å². The van der Waals surface area contributed by atoms with Crippen molar-refractivity contribution >= 4 is 33.2 Å². The lowest BCUT2D eigenvalue weighted by Gasteiger charge is -2.22. The van der Waals surface area contributed by atoms with Gasteiger partial charge in [-0.05, 0) is 43.2 Å². The molecule has 0 radical (unpaired) electrons. The lowest BCUT2D eigenvalue weighted by Crippen LogP contribution is -2.32. The Kier molecular flexibility index (Phi) is 7.06. The highest BCUT2D eigenvalue weighted by molar-refractivity contribution is 7.92. The van der Waals surface area contributed by atoms with Crippen molar-refractivity contribution in [1.82, 2.24) is 5.32 Å². The lowest BCUT2D eigenvalue weighted by molar-refractivity contribution is -0.121. The van der Waals surface area contributed by atoms with Gasteiger partial charge in [0.2, 0.25) is 15.9 Å². The van der Waals surface area contributed by atoms with Gasteiger partial charge in [0.25, 0.3) is 0 Å². The summed E-state index contributed by atoms with van der Waals surface area (Å²) in [5, 5.41) is 3.47. The highest BCUT2D eigenvalue weighted by atomic mass is 35.5. The minimum Gasteiger partial charge on any atom is -0.350 e. The first-order valence-electron chi connectivity index (χ1n) is 8.35. The normalized spacial score (nSPS) is 12.4. The number of nitrogens with one attached hydrogen (secondary N) is 1. The molecule has 0 unspecified atom stereocenters. The summed E-state index contributed by atoms with van der Waals surface area (Å²) in [5.74, 6) is -0.106. The van der Waals surface area contributed by atoms with E-state index < -0.39 is 10.0 Å². The van der Waals surface area contributed by atoms with E-state index >= 15 is 0 Å². The van der Waals surface area contributed by atoms with E-state index in [1.54, 1.807) is 24.3 Å². The molecule has 140 valence electrons. The monoisotopic (exact) mass is 394 g/mol. The van der Waals surface area contributed by atoms with E-state index in [0.717, 1.165) is 11.8 Å². The molecule has 0 aliphatic carbocycles. The Balaban J connectivity index is 1.91. The number of sulfonamides is 1. The Morgan fingerprint density at radius 1 is 1.12 bits per heavy atom. The van der Waals surface area contributed by atoms with Crippen LogP contribution >= 0.6 is 11.6 Å². The number of hydrogen-bond donors (Lipinski definition) is 1. The average Bonchev–Trinajstić information content (AvgIpc) is 2.59. The summed E-state index contributed by atoms with van der Waals surface area (Å²) in [6, 6.07) is 16.2. The first-order valence-corrected chi connectivity index (χ1v) is 10.6. The second-order valence-corrected chi connectivity index (χ2v) is 8.46. The highest BCUT2D eigenvalue weighted by Crippen LogP contribution is 2.21. The molecule has 0 aliphatic rings. The van der Waals surface area contributed by atoms with Crippen LogP contribution in [0.3, 0.4) is 0 Å². The van der Waals surface area contributed by atoms with Gasteiger partial charge in [-0.25, -0.2) is 8.42 Å². The zero-order chi connectivity index (χ0) is 19.2. The number of halogens is 1. The summed E-state index contributed by atoms with van der Waals surface area (Å²) in [4.78, 5) is 12.1. The SMILES string of the molecule is C[C@H](NC(=O)CCCN(c1ccc(Cl)cc1)S(C)(=O)=O)c1ccccc1. The Bertz CT molecular complexity index is 824. The van der Waals surface area contributed by atoms with Crippen molar-refractivity contribution in [2.45, 2.75) is 25.8 Å². The second-order valence-electron chi connectivity index (χ2n) is 6.11. The number of anilines is 1. The van der Waals surface area contributed by atoms with E-state index in [-0.39, 0.29) is 24.9 Å². The van der Waals surface area contributed by atoms with E-state index in [9.17, 15) is 13.2 Å². The van der Waals surface area contributed by atoms with Crippen LogP contribution in [0, 0.1) is 0 Å². The zero-order valence-electron chi connectivity index (χ0n) is 14.9. The first kappa shape index (κ1) is 20.3. The van der Waals surface area contributed by atoms with Crippen molar-refractivity contribution in [3.05, 3.63) is 65.2 Å². The molecule has 0 saturated heterocycles. The fraction of sp³-hybridized carbons (Fsp3) is 0.316. The number of rotatable bonds is 8. The topological polar surface area (TPSA) is 66.5 Å². The Morgan fingerprint density at radius 3 is 2.31 bits per heavy atom. The minimum absolute atomic E-state index is 0.0917. The lowest BCUT2D eigenvalue weighted by atomic mass is 10.1. The molecule has 2 rings (SSSR count). The highest BCUT2D eigenvalue weighted by Gasteiger charge is 2.18. The molecule has 2 aromatic rings. The van der Waals surface area contributed by atoms with Gasteiger partial charge in [-0.1, -0.05) is 41.9 Å². The van der Waals surface area contributed by atoms with Crippen LogP contribution in [0.1, 0.15) is 31.4 Å². The molecule has 0 aliphatic heterocycles. The number of carbonyl (C=O) groups excluding carboxylic acids is 1. The standard InChI is InChI=1S/C19H23ClN2O3S/c1-15(16-7-4-3-5-8-16)21-19(23)9-6-14-22(26(2,24)25)18-12-10-17(20)11-13-18/h3-5,7-8,10-13,15H,6,9,14H2,1-2H3,(H,21,23)/t15-/m0/s1. The molecule has 0 bridgehead atoms. The van der Waals surface area contributed by atoms with Gasteiger partial charge in [0.15, 0.2) is 0 Å². The smallest absolute Gasteiger partial charge is 0.232 e. The number of carbonyl (C=O) groups is 1. The van der Waals surface area contributed by atoms with Gasteiger partial charge in [0, 0.05) is 18.0 Å². The number of benzene rings is 2. The van der Waals surface area contributed by atoms with E-state index in [1.165, 1.54) is 4.31 Å². The van der Waals surface area contributed by atoms with Gasteiger partial charge in [0.05, 0.1) is 18.0 Å². The summed E-state index contributed by atoms with van der Waals surface area (Å²) in [7, 11) is -3.44. The quantitative estimate of drug-likeness (QED) is 0.741. The third kappa shape index (κ3) is 6.04. The summed E-state index contributed by atoms with van der Waals surface area (Å²) in [6.07, 6.45) is 1.82. The third-order valence-corrected chi connectivity index (χ3v) is 5.40. The molecule has 0 spiro atoms. The largest absolute Gasteiger partial charge is 0.350 e. The number of amides is 1. The van der Waals surface area contributed by atoms with Crippen molar-refractivity contribution in [3.8, 4) is 0 Å². The van der Waals surface area contributed by atoms with Crippen LogP contribution < -0.4 is 9.62 Å². The Hall–Kier alpha value is -2.05. The summed E-state index contributed by atoms with van der Waals surface area (Å²) in [6.45, 7) is 2.15. The molecule has 0 fully saturated rings. The summed E-state index contributed by atoms with van der Waals surface area (Å²) < 4.78 is 25.4. The minimum atomic E-state index is -3.44. The van der Waals surface area contributed by atoms with Crippen LogP contribution in [-0.4, -0.2) is 27.1 Å². The first-order chi connectivity index (χ1) is 12.3. The molecule has 1 atom stereocenters. The van der Waals surface area contributed by atoms with Crippen LogP contribution in [-0.2, 0) is 14.8 Å². The fourth-order valence-corrected chi connectivity index (χ4v) is 3.71. The van der Waals surface area contributed by atoms with Crippen LogP contribution in [0.2, 0.25) is 5.02 Å². The van der Waals surface area contributed by atoms with Crippen LogP contribution in [0.5, 0.6) is 0 Å². The van der Waals surface area contributed by atoms with Crippen LogP contribution in [0.15, 0.2) is 54.6 Å². The molecule has 2 aromatic carbocycles. The number of hydrogen-bond acceptors (Lipinski definition) is 3. The molecule has 1 N–H and O–H groups in total. The fourth-order valence-electron chi connectivity index (χ4n) is 2.62. The molecular weight excluding hydrogens is 372 g/mol. The number of nitrogens with zero attached hydrogens (tertiary/aromatic N) is 1. The zero-order valence-corrected chi connectivity index (χ0v) is 16.4. The molecule has 0 saturated carbocycles. The van der Waals surface area contributed by atoms with E-state index in [1.807, 2.05) is 37.3 Å². The Morgan fingerprint density at radius 2 is 1.73 bits per heavy atom. The third-order valence-electron chi connectivity index (χ3n) is 3.96. The van der Waals surface area contributed by atoms with Crippen molar-refractivity contribution in [3.63, 3.8) is 0 Å². The van der Waals surface area contributed by atoms with Crippen LogP contribution in [0.4, 0.5) is 5.69 Å². The molecule has 26 heavy (non-hydrogen) atoms. The molecule has 0 aromatic heterocycles. The van der Waals surface area contributed by atoms with E-state index in [0.29, 0.717) is 17.1 Å². The molecule has 5 nitrogen and oxygen atoms in total. The van der Waals surface area contributed by atoms with Gasteiger partial charge < -0.3 is 5.32 Å². The van der Waals surface area contributed by atoms with Crippen molar-refractivity contribution in [2.24, 2.45) is 0 Å². The molecular formula is C19H23ClN2O3S. The maximum absolute atomic E-state index is 12.1. The average molecular weight is 395 g/mol.